The lowest BCUT2D eigenvalue weighted by Crippen LogP contribution is -2.41. The second-order valence-electron chi connectivity index (χ2n) is 7.06. The molecule has 3 aromatic rings. The predicted molar refractivity (Wildman–Crippen MR) is 108 cm³/mol. The summed E-state index contributed by atoms with van der Waals surface area (Å²) in [5.41, 5.74) is 4.71. The summed E-state index contributed by atoms with van der Waals surface area (Å²) in [4.78, 5) is 19.3. The molecule has 1 aliphatic rings. The van der Waals surface area contributed by atoms with Gasteiger partial charge in [-0.15, -0.1) is 0 Å². The summed E-state index contributed by atoms with van der Waals surface area (Å²) in [5, 5.41) is 3.96. The molecule has 4 rings (SSSR count). The molecule has 0 bridgehead atoms. The molecule has 144 valence electrons. The Labute approximate surface area is 163 Å². The molecule has 1 aromatic heterocycles. The minimum absolute atomic E-state index is 0.130. The maximum atomic E-state index is 14.0. The van der Waals surface area contributed by atoms with Gasteiger partial charge in [0, 0.05) is 30.4 Å². The lowest BCUT2D eigenvalue weighted by molar-refractivity contribution is 0.0303. The molecule has 1 saturated heterocycles. The van der Waals surface area contributed by atoms with Crippen molar-refractivity contribution in [2.75, 3.05) is 31.6 Å². The van der Waals surface area contributed by atoms with Gasteiger partial charge in [0.1, 0.15) is 5.82 Å². The SMILES string of the molecule is Cc1ccc(Nc2c(C(=O)N3CCOCC3)cnc3ccc(F)cc23)c(C)c1. The van der Waals surface area contributed by atoms with Crippen LogP contribution in [0.3, 0.4) is 0 Å². The van der Waals surface area contributed by atoms with Crippen molar-refractivity contribution in [1.82, 2.24) is 9.88 Å². The summed E-state index contributed by atoms with van der Waals surface area (Å²) in [6, 6.07) is 10.5. The summed E-state index contributed by atoms with van der Waals surface area (Å²) in [6.07, 6.45) is 1.57. The molecule has 1 amide bonds. The summed E-state index contributed by atoms with van der Waals surface area (Å²) in [6.45, 7) is 6.12. The number of nitrogens with zero attached hydrogens (tertiary/aromatic N) is 2. The highest BCUT2D eigenvalue weighted by Crippen LogP contribution is 2.32. The first-order chi connectivity index (χ1) is 13.5. The zero-order valence-electron chi connectivity index (χ0n) is 16.0. The average Bonchev–Trinajstić information content (AvgIpc) is 2.70. The smallest absolute Gasteiger partial charge is 0.257 e. The summed E-state index contributed by atoms with van der Waals surface area (Å²) in [5.74, 6) is -0.497. The molecule has 0 unspecified atom stereocenters. The fourth-order valence-electron chi connectivity index (χ4n) is 3.49. The topological polar surface area (TPSA) is 54.5 Å². The van der Waals surface area contributed by atoms with Crippen molar-refractivity contribution in [2.45, 2.75) is 13.8 Å². The number of nitrogens with one attached hydrogen (secondary N) is 1. The molecule has 0 aliphatic carbocycles. The number of aryl methyl sites for hydroxylation is 2. The average molecular weight is 379 g/mol. The highest BCUT2D eigenvalue weighted by Gasteiger charge is 2.23. The van der Waals surface area contributed by atoms with Gasteiger partial charge in [-0.25, -0.2) is 4.39 Å². The van der Waals surface area contributed by atoms with E-state index in [1.165, 1.54) is 12.1 Å². The first-order valence-corrected chi connectivity index (χ1v) is 9.32. The van der Waals surface area contributed by atoms with Crippen LogP contribution in [0.15, 0.2) is 42.6 Å². The molecular weight excluding hydrogens is 357 g/mol. The number of rotatable bonds is 3. The summed E-state index contributed by atoms with van der Waals surface area (Å²) >= 11 is 0. The van der Waals surface area contributed by atoms with Crippen LogP contribution in [0.1, 0.15) is 21.5 Å². The van der Waals surface area contributed by atoms with Gasteiger partial charge in [-0.2, -0.15) is 0 Å². The molecule has 6 heteroatoms. The minimum atomic E-state index is -0.367. The molecule has 0 spiro atoms. The highest BCUT2D eigenvalue weighted by molar-refractivity contribution is 6.08. The third-order valence-electron chi connectivity index (χ3n) is 5.00. The van der Waals surface area contributed by atoms with Gasteiger partial charge in [-0.05, 0) is 43.7 Å². The number of carbonyl (C=O) groups excluding carboxylic acids is 1. The number of benzene rings is 2. The Bertz CT molecular complexity index is 1050. The Balaban J connectivity index is 1.84. The van der Waals surface area contributed by atoms with Gasteiger partial charge in [-0.1, -0.05) is 17.7 Å². The van der Waals surface area contributed by atoms with Gasteiger partial charge in [0.05, 0.1) is 30.0 Å². The van der Waals surface area contributed by atoms with Crippen LogP contribution in [0.5, 0.6) is 0 Å². The van der Waals surface area contributed by atoms with Crippen molar-refractivity contribution in [3.63, 3.8) is 0 Å². The molecule has 0 atom stereocenters. The van der Waals surface area contributed by atoms with Gasteiger partial charge in [0.25, 0.3) is 5.91 Å². The second kappa shape index (κ2) is 7.56. The van der Waals surface area contributed by atoms with E-state index in [0.29, 0.717) is 48.5 Å². The van der Waals surface area contributed by atoms with Crippen LogP contribution in [0, 0.1) is 19.7 Å². The predicted octanol–water partition coefficient (Wildman–Crippen LogP) is 4.21. The van der Waals surface area contributed by atoms with Crippen molar-refractivity contribution in [2.24, 2.45) is 0 Å². The fourth-order valence-corrected chi connectivity index (χ4v) is 3.49. The van der Waals surface area contributed by atoms with Crippen molar-refractivity contribution in [3.8, 4) is 0 Å². The van der Waals surface area contributed by atoms with Crippen LogP contribution in [0.2, 0.25) is 0 Å². The van der Waals surface area contributed by atoms with Gasteiger partial charge in [0.2, 0.25) is 0 Å². The van der Waals surface area contributed by atoms with Crippen LogP contribution in [-0.2, 0) is 4.74 Å². The lowest BCUT2D eigenvalue weighted by Gasteiger charge is -2.28. The number of anilines is 2. The van der Waals surface area contributed by atoms with E-state index in [-0.39, 0.29) is 11.7 Å². The number of halogens is 1. The number of hydrogen-bond acceptors (Lipinski definition) is 4. The normalized spacial score (nSPS) is 14.3. The van der Waals surface area contributed by atoms with Crippen LogP contribution in [0.25, 0.3) is 10.9 Å². The number of amides is 1. The van der Waals surface area contributed by atoms with E-state index in [9.17, 15) is 9.18 Å². The number of fused-ring (bicyclic) bond motifs is 1. The monoisotopic (exact) mass is 379 g/mol. The molecule has 28 heavy (non-hydrogen) atoms. The number of morpholine rings is 1. The molecule has 5 nitrogen and oxygen atoms in total. The van der Waals surface area contributed by atoms with Gasteiger partial charge in [-0.3, -0.25) is 9.78 Å². The Morgan fingerprint density at radius 2 is 1.93 bits per heavy atom. The Morgan fingerprint density at radius 3 is 2.68 bits per heavy atom. The van der Waals surface area contributed by atoms with Crippen LogP contribution in [0.4, 0.5) is 15.8 Å². The third kappa shape index (κ3) is 3.55. The van der Waals surface area contributed by atoms with Crippen LogP contribution < -0.4 is 5.32 Å². The zero-order valence-corrected chi connectivity index (χ0v) is 16.0. The van der Waals surface area contributed by atoms with E-state index in [0.717, 1.165) is 16.8 Å². The van der Waals surface area contributed by atoms with E-state index in [2.05, 4.69) is 16.4 Å². The molecule has 2 aromatic carbocycles. The van der Waals surface area contributed by atoms with E-state index in [1.54, 1.807) is 17.2 Å². The van der Waals surface area contributed by atoms with Crippen molar-refractivity contribution in [1.29, 1.82) is 0 Å². The largest absolute Gasteiger partial charge is 0.378 e. The number of aromatic nitrogens is 1. The standard InChI is InChI=1S/C22H22FN3O2/c1-14-3-5-19(15(2)11-14)25-21-17-12-16(23)4-6-20(17)24-13-18(21)22(27)26-7-9-28-10-8-26/h3-6,11-13H,7-10H2,1-2H3,(H,24,25). The first kappa shape index (κ1) is 18.4. The first-order valence-electron chi connectivity index (χ1n) is 9.32. The molecule has 1 aliphatic heterocycles. The lowest BCUT2D eigenvalue weighted by atomic mass is 10.1. The number of carbonyl (C=O) groups is 1. The zero-order chi connectivity index (χ0) is 19.7. The summed E-state index contributed by atoms with van der Waals surface area (Å²) < 4.78 is 19.4. The second-order valence-corrected chi connectivity index (χ2v) is 7.06. The Kier molecular flexibility index (Phi) is 4.96. The number of ether oxygens (including phenoxy) is 1. The van der Waals surface area contributed by atoms with E-state index in [1.807, 2.05) is 26.0 Å². The molecule has 0 radical (unpaired) electrons. The highest BCUT2D eigenvalue weighted by atomic mass is 19.1. The van der Waals surface area contributed by atoms with Crippen molar-refractivity contribution >= 4 is 28.2 Å². The van der Waals surface area contributed by atoms with Crippen LogP contribution >= 0.6 is 0 Å². The fraction of sp³-hybridized carbons (Fsp3) is 0.273. The van der Waals surface area contributed by atoms with Gasteiger partial charge >= 0.3 is 0 Å². The van der Waals surface area contributed by atoms with Gasteiger partial charge in [0.15, 0.2) is 0 Å². The third-order valence-corrected chi connectivity index (χ3v) is 5.00. The number of hydrogen-bond donors (Lipinski definition) is 1. The maximum Gasteiger partial charge on any atom is 0.257 e. The van der Waals surface area contributed by atoms with Crippen LogP contribution in [-0.4, -0.2) is 42.1 Å². The molecule has 0 saturated carbocycles. The quantitative estimate of drug-likeness (QED) is 0.741. The minimum Gasteiger partial charge on any atom is -0.378 e. The van der Waals surface area contributed by atoms with E-state index in [4.69, 9.17) is 4.74 Å². The van der Waals surface area contributed by atoms with E-state index >= 15 is 0 Å². The Morgan fingerprint density at radius 1 is 1.14 bits per heavy atom. The van der Waals surface area contributed by atoms with Crippen molar-refractivity contribution in [3.05, 3.63) is 65.1 Å². The summed E-state index contributed by atoms with van der Waals surface area (Å²) in [7, 11) is 0. The van der Waals surface area contributed by atoms with Gasteiger partial charge < -0.3 is 15.0 Å². The molecule has 1 fully saturated rings. The number of pyridine rings is 1. The van der Waals surface area contributed by atoms with E-state index < -0.39 is 0 Å². The molecule has 1 N–H and O–H groups in total. The molecular formula is C22H22FN3O2. The van der Waals surface area contributed by atoms with Crippen molar-refractivity contribution < 1.29 is 13.9 Å². The maximum absolute atomic E-state index is 14.0. The molecule has 2 heterocycles. The Hall–Kier alpha value is -2.99.